The Labute approximate surface area is 150 Å². The minimum absolute atomic E-state index is 0.0396. The molecule has 2 saturated heterocycles. The maximum Gasteiger partial charge on any atom is 0.240 e. The van der Waals surface area contributed by atoms with Gasteiger partial charge in [-0.15, -0.1) is 0 Å². The van der Waals surface area contributed by atoms with E-state index in [1.807, 2.05) is 29.2 Å². The second-order valence-corrected chi connectivity index (χ2v) is 6.76. The summed E-state index contributed by atoms with van der Waals surface area (Å²) in [6.07, 6.45) is -0.818. The lowest BCUT2D eigenvalue weighted by Crippen LogP contribution is -2.49. The summed E-state index contributed by atoms with van der Waals surface area (Å²) in [7, 11) is 0. The number of carbonyl (C=O) groups excluding carboxylic acids is 1. The molecule has 2 N–H and O–H groups in total. The molecule has 1 aromatic heterocycles. The molecule has 0 spiro atoms. The number of nitrogens with two attached hydrogens (primary N) is 1. The first-order chi connectivity index (χ1) is 12.6. The number of fused-ring (bicyclic) bond motifs is 1. The van der Waals surface area contributed by atoms with Gasteiger partial charge in [0.25, 0.3) is 0 Å². The Hall–Kier alpha value is -2.32. The molecule has 1 aromatic carbocycles. The van der Waals surface area contributed by atoms with E-state index in [9.17, 15) is 9.18 Å². The first kappa shape index (κ1) is 17.1. The minimum Gasteiger partial charge on any atom is -0.383 e. The first-order valence-electron chi connectivity index (χ1n) is 8.87. The van der Waals surface area contributed by atoms with Crippen LogP contribution in [-0.2, 0) is 16.1 Å². The van der Waals surface area contributed by atoms with Gasteiger partial charge >= 0.3 is 0 Å². The number of anilines is 1. The molecule has 2 aromatic rings. The summed E-state index contributed by atoms with van der Waals surface area (Å²) in [5.74, 6) is 0.870. The lowest BCUT2D eigenvalue weighted by molar-refractivity contribution is -0.140. The summed E-state index contributed by atoms with van der Waals surface area (Å²) in [4.78, 5) is 25.3. The van der Waals surface area contributed by atoms with Gasteiger partial charge in [0.05, 0.1) is 31.3 Å². The van der Waals surface area contributed by atoms with Gasteiger partial charge in [-0.25, -0.2) is 14.4 Å². The highest BCUT2D eigenvalue weighted by Crippen LogP contribution is 2.25. The number of halogens is 1. The van der Waals surface area contributed by atoms with Crippen molar-refractivity contribution in [2.24, 2.45) is 0 Å². The van der Waals surface area contributed by atoms with Gasteiger partial charge in [0.2, 0.25) is 5.91 Å². The molecule has 0 radical (unpaired) electrons. The fraction of sp³-hybridized carbons (Fsp3) is 0.500. The summed E-state index contributed by atoms with van der Waals surface area (Å²) in [6, 6.07) is 7.02. The largest absolute Gasteiger partial charge is 0.383 e. The molecule has 0 unspecified atom stereocenters. The van der Waals surface area contributed by atoms with Crippen LogP contribution in [0.2, 0.25) is 0 Å². The standard InChI is InChI=1S/C18H22FN5O2/c19-12-9-15(18(25)23-5-7-26-8-6-23)24(10-12)11-16-21-14-4-2-1-3-13(14)17(20)22-16/h1-4,12,15H,5-11H2,(H2,20,21,22)/t12-,15+/m1/s1. The third kappa shape index (κ3) is 3.34. The van der Waals surface area contributed by atoms with Crippen LogP contribution in [0.15, 0.2) is 24.3 Å². The number of rotatable bonds is 3. The Morgan fingerprint density at radius 2 is 2.04 bits per heavy atom. The normalized spacial score (nSPS) is 24.3. The number of aromatic nitrogens is 2. The molecule has 26 heavy (non-hydrogen) atoms. The van der Waals surface area contributed by atoms with Crippen molar-refractivity contribution in [2.75, 3.05) is 38.6 Å². The van der Waals surface area contributed by atoms with Crippen LogP contribution in [0.3, 0.4) is 0 Å². The number of hydrogen-bond donors (Lipinski definition) is 1. The Balaban J connectivity index is 1.55. The molecule has 3 heterocycles. The maximum absolute atomic E-state index is 14.1. The summed E-state index contributed by atoms with van der Waals surface area (Å²) in [6.45, 7) is 2.68. The van der Waals surface area contributed by atoms with E-state index in [1.54, 1.807) is 4.90 Å². The van der Waals surface area contributed by atoms with Crippen molar-refractivity contribution in [3.63, 3.8) is 0 Å². The van der Waals surface area contributed by atoms with Crippen LogP contribution in [0.1, 0.15) is 12.2 Å². The van der Waals surface area contributed by atoms with Crippen molar-refractivity contribution >= 4 is 22.6 Å². The molecule has 7 nitrogen and oxygen atoms in total. The molecular weight excluding hydrogens is 337 g/mol. The van der Waals surface area contributed by atoms with Crippen molar-refractivity contribution in [3.05, 3.63) is 30.1 Å². The maximum atomic E-state index is 14.1. The number of amides is 1. The van der Waals surface area contributed by atoms with Crippen LogP contribution in [-0.4, -0.2) is 70.7 Å². The molecule has 2 atom stereocenters. The number of nitrogens with zero attached hydrogens (tertiary/aromatic N) is 4. The third-order valence-corrected chi connectivity index (χ3v) is 4.98. The number of hydrogen-bond acceptors (Lipinski definition) is 6. The molecule has 4 rings (SSSR count). The van der Waals surface area contributed by atoms with E-state index in [4.69, 9.17) is 10.5 Å². The molecule has 2 aliphatic heterocycles. The number of benzene rings is 1. The van der Waals surface area contributed by atoms with Crippen LogP contribution in [0.5, 0.6) is 0 Å². The molecule has 0 saturated carbocycles. The highest BCUT2D eigenvalue weighted by molar-refractivity contribution is 5.87. The van der Waals surface area contributed by atoms with Gasteiger partial charge in [0, 0.05) is 31.4 Å². The number of morpholine rings is 1. The van der Waals surface area contributed by atoms with Crippen LogP contribution >= 0.6 is 0 Å². The number of carbonyl (C=O) groups is 1. The van der Waals surface area contributed by atoms with Crippen molar-refractivity contribution in [2.45, 2.75) is 25.2 Å². The van der Waals surface area contributed by atoms with Crippen LogP contribution in [0.25, 0.3) is 10.9 Å². The monoisotopic (exact) mass is 359 g/mol. The number of nitrogen functional groups attached to an aromatic ring is 1. The van der Waals surface area contributed by atoms with Crippen molar-refractivity contribution in [1.29, 1.82) is 0 Å². The predicted octanol–water partition coefficient (Wildman–Crippen LogP) is 0.983. The second-order valence-electron chi connectivity index (χ2n) is 6.76. The molecule has 0 aliphatic carbocycles. The van der Waals surface area contributed by atoms with Crippen molar-refractivity contribution in [1.82, 2.24) is 19.8 Å². The fourth-order valence-corrected chi connectivity index (χ4v) is 3.68. The topological polar surface area (TPSA) is 84.6 Å². The Bertz CT molecular complexity index is 811. The van der Waals surface area contributed by atoms with Crippen LogP contribution < -0.4 is 5.73 Å². The minimum atomic E-state index is -1.03. The zero-order chi connectivity index (χ0) is 18.1. The van der Waals surface area contributed by atoms with Gasteiger partial charge in [-0.1, -0.05) is 12.1 Å². The molecule has 0 bridgehead atoms. The Morgan fingerprint density at radius 1 is 1.27 bits per heavy atom. The lowest BCUT2D eigenvalue weighted by Gasteiger charge is -2.32. The summed E-state index contributed by atoms with van der Waals surface area (Å²) >= 11 is 0. The second kappa shape index (κ2) is 7.13. The molecular formula is C18H22FN5O2. The lowest BCUT2D eigenvalue weighted by atomic mass is 10.1. The summed E-state index contributed by atoms with van der Waals surface area (Å²) in [5.41, 5.74) is 6.79. The quantitative estimate of drug-likeness (QED) is 0.880. The number of ether oxygens (including phenoxy) is 1. The Kier molecular flexibility index (Phi) is 4.69. The van der Waals surface area contributed by atoms with Crippen molar-refractivity contribution in [3.8, 4) is 0 Å². The molecule has 138 valence electrons. The Morgan fingerprint density at radius 3 is 2.85 bits per heavy atom. The average Bonchev–Trinajstić information content (AvgIpc) is 3.02. The van der Waals surface area contributed by atoms with Crippen LogP contribution in [0, 0.1) is 0 Å². The summed E-state index contributed by atoms with van der Waals surface area (Å²) in [5, 5.41) is 0.794. The van der Waals surface area contributed by atoms with E-state index < -0.39 is 12.2 Å². The summed E-state index contributed by atoms with van der Waals surface area (Å²) < 4.78 is 19.4. The smallest absolute Gasteiger partial charge is 0.240 e. The fourth-order valence-electron chi connectivity index (χ4n) is 3.68. The zero-order valence-electron chi connectivity index (χ0n) is 14.5. The molecule has 2 fully saturated rings. The molecule has 8 heteroatoms. The van der Waals surface area contributed by atoms with Gasteiger partial charge < -0.3 is 15.4 Å². The van der Waals surface area contributed by atoms with E-state index in [0.717, 1.165) is 10.9 Å². The van der Waals surface area contributed by atoms with E-state index >= 15 is 0 Å². The van der Waals surface area contributed by atoms with E-state index in [1.165, 1.54) is 0 Å². The highest BCUT2D eigenvalue weighted by Gasteiger charge is 2.39. The van der Waals surface area contributed by atoms with Gasteiger partial charge in [-0.3, -0.25) is 9.69 Å². The molecule has 2 aliphatic rings. The SMILES string of the molecule is Nc1nc(CN2C[C@H](F)C[C@H]2C(=O)N2CCOCC2)nc2ccccc12. The highest BCUT2D eigenvalue weighted by atomic mass is 19.1. The zero-order valence-corrected chi connectivity index (χ0v) is 14.5. The van der Waals surface area contributed by atoms with Crippen molar-refractivity contribution < 1.29 is 13.9 Å². The number of alkyl halides is 1. The van der Waals surface area contributed by atoms with Gasteiger partial charge in [-0.2, -0.15) is 0 Å². The number of para-hydroxylation sites is 1. The average molecular weight is 359 g/mol. The predicted molar refractivity (Wildman–Crippen MR) is 95.1 cm³/mol. The third-order valence-electron chi connectivity index (χ3n) is 4.98. The molecule has 1 amide bonds. The first-order valence-corrected chi connectivity index (χ1v) is 8.87. The van der Waals surface area contributed by atoms with Gasteiger partial charge in [0.15, 0.2) is 0 Å². The van der Waals surface area contributed by atoms with Crippen LogP contribution in [0.4, 0.5) is 10.2 Å². The van der Waals surface area contributed by atoms with Gasteiger partial charge in [0.1, 0.15) is 17.8 Å². The van der Waals surface area contributed by atoms with Gasteiger partial charge in [-0.05, 0) is 12.1 Å². The van der Waals surface area contributed by atoms with E-state index in [2.05, 4.69) is 9.97 Å². The van der Waals surface area contributed by atoms with E-state index in [-0.39, 0.29) is 18.9 Å². The van der Waals surface area contributed by atoms with E-state index in [0.29, 0.717) is 44.5 Å². The number of likely N-dealkylation sites (tertiary alicyclic amines) is 1.